The summed E-state index contributed by atoms with van der Waals surface area (Å²) in [6.07, 6.45) is 4.54. The molecule has 0 aromatic carbocycles. The summed E-state index contributed by atoms with van der Waals surface area (Å²) in [5, 5.41) is 0. The molecule has 1 aliphatic heterocycles. The molecule has 4 atom stereocenters. The molecule has 2 amide bonds. The molecular weight excluding hydrogens is 322 g/mol. The van der Waals surface area contributed by atoms with Crippen molar-refractivity contribution >= 4 is 11.8 Å². The molecule has 0 aromatic heterocycles. The first-order valence-electron chi connectivity index (χ1n) is 9.22. The number of imide groups is 1. The van der Waals surface area contributed by atoms with Gasteiger partial charge in [0, 0.05) is 31.7 Å². The Morgan fingerprint density at radius 2 is 2.00 bits per heavy atom. The number of rotatable bonds is 8. The number of carbonyl (C=O) groups is 2. The molecule has 0 aromatic rings. The highest BCUT2D eigenvalue weighted by Crippen LogP contribution is 2.35. The van der Waals surface area contributed by atoms with Crippen LogP contribution in [0, 0.1) is 17.8 Å². The second kappa shape index (κ2) is 8.92. The first-order chi connectivity index (χ1) is 11.8. The summed E-state index contributed by atoms with van der Waals surface area (Å²) in [6, 6.07) is 0. The monoisotopic (exact) mass is 353 g/mol. The molecular formula is C19H31NO5. The number of nitrogens with zero attached hydrogens (tertiary/aromatic N) is 1. The highest BCUT2D eigenvalue weighted by atomic mass is 17.2. The molecule has 2 aliphatic rings. The zero-order chi connectivity index (χ0) is 18.6. The van der Waals surface area contributed by atoms with E-state index in [-0.39, 0.29) is 24.5 Å². The average Bonchev–Trinajstić information content (AvgIpc) is 2.80. The van der Waals surface area contributed by atoms with Crippen LogP contribution in [-0.4, -0.2) is 42.8 Å². The number of amides is 2. The van der Waals surface area contributed by atoms with Gasteiger partial charge in [0.25, 0.3) is 11.8 Å². The summed E-state index contributed by atoms with van der Waals surface area (Å²) in [7, 11) is 1.54. The molecule has 1 fully saturated rings. The standard InChI is InChI=1S/C19H31NO5/c1-12(2)15-7-6-13(3)10-16(15)24-25-18(23-5)8-9-20-17(21)11-14(4)19(20)22/h11-13,15-16,18H,6-10H2,1-5H3. The van der Waals surface area contributed by atoms with Gasteiger partial charge in [0.1, 0.15) is 0 Å². The highest BCUT2D eigenvalue weighted by molar-refractivity contribution is 6.15. The Morgan fingerprint density at radius 3 is 2.56 bits per heavy atom. The van der Waals surface area contributed by atoms with Gasteiger partial charge in [0.05, 0.1) is 6.10 Å². The number of methoxy groups -OCH3 is 1. The second-order valence-electron chi connectivity index (χ2n) is 7.63. The zero-order valence-electron chi connectivity index (χ0n) is 16.0. The van der Waals surface area contributed by atoms with E-state index in [9.17, 15) is 9.59 Å². The smallest absolute Gasteiger partial charge is 0.256 e. The largest absolute Gasteiger partial charge is 0.353 e. The Bertz CT molecular complexity index is 516. The van der Waals surface area contributed by atoms with Crippen LogP contribution in [0.1, 0.15) is 53.4 Å². The minimum Gasteiger partial charge on any atom is -0.353 e. The van der Waals surface area contributed by atoms with Crippen molar-refractivity contribution in [3.63, 3.8) is 0 Å². The first kappa shape index (κ1) is 20.1. The second-order valence-corrected chi connectivity index (χ2v) is 7.63. The minimum absolute atomic E-state index is 0.0559. The maximum atomic E-state index is 11.9. The van der Waals surface area contributed by atoms with E-state index in [1.807, 2.05) is 0 Å². The Balaban J connectivity index is 1.83. The predicted octanol–water partition coefficient (Wildman–Crippen LogP) is 3.07. The van der Waals surface area contributed by atoms with Gasteiger partial charge in [0.15, 0.2) is 6.29 Å². The van der Waals surface area contributed by atoms with Crippen LogP contribution in [0.2, 0.25) is 0 Å². The average molecular weight is 353 g/mol. The quantitative estimate of drug-likeness (QED) is 0.290. The van der Waals surface area contributed by atoms with E-state index >= 15 is 0 Å². The molecule has 0 bridgehead atoms. The summed E-state index contributed by atoms with van der Waals surface area (Å²) >= 11 is 0. The van der Waals surface area contributed by atoms with Crippen molar-refractivity contribution in [2.75, 3.05) is 13.7 Å². The SMILES string of the molecule is COC(CCN1C(=O)C=C(C)C1=O)OOC1CC(C)CCC1C(C)C. The number of hydrogen-bond donors (Lipinski definition) is 0. The third-order valence-electron chi connectivity index (χ3n) is 5.29. The van der Waals surface area contributed by atoms with Crippen LogP contribution >= 0.6 is 0 Å². The molecule has 0 saturated heterocycles. The van der Waals surface area contributed by atoms with Gasteiger partial charge >= 0.3 is 0 Å². The van der Waals surface area contributed by atoms with E-state index in [4.69, 9.17) is 14.5 Å². The molecule has 1 saturated carbocycles. The summed E-state index contributed by atoms with van der Waals surface area (Å²) < 4.78 is 5.31. The lowest BCUT2D eigenvalue weighted by Crippen LogP contribution is -2.37. The number of ether oxygens (including phenoxy) is 1. The predicted molar refractivity (Wildman–Crippen MR) is 93.2 cm³/mol. The maximum Gasteiger partial charge on any atom is 0.256 e. The van der Waals surface area contributed by atoms with Gasteiger partial charge in [-0.2, -0.15) is 0 Å². The molecule has 0 spiro atoms. The third kappa shape index (κ3) is 5.12. The Labute approximate surface area is 150 Å². The minimum atomic E-state index is -0.605. The van der Waals surface area contributed by atoms with E-state index < -0.39 is 6.29 Å². The van der Waals surface area contributed by atoms with Crippen molar-refractivity contribution in [1.82, 2.24) is 4.90 Å². The van der Waals surface area contributed by atoms with E-state index in [2.05, 4.69) is 20.8 Å². The lowest BCUT2D eigenvalue weighted by molar-refractivity contribution is -0.407. The lowest BCUT2D eigenvalue weighted by Gasteiger charge is -2.36. The first-order valence-corrected chi connectivity index (χ1v) is 9.22. The molecule has 0 N–H and O–H groups in total. The van der Waals surface area contributed by atoms with Gasteiger partial charge < -0.3 is 4.74 Å². The van der Waals surface area contributed by atoms with Gasteiger partial charge in [-0.05, 0) is 37.5 Å². The summed E-state index contributed by atoms with van der Waals surface area (Å²) in [4.78, 5) is 36.2. The van der Waals surface area contributed by atoms with Crippen molar-refractivity contribution < 1.29 is 24.1 Å². The molecule has 1 heterocycles. The Kier molecular flexibility index (Phi) is 7.16. The molecule has 142 valence electrons. The van der Waals surface area contributed by atoms with Crippen LogP contribution in [-0.2, 0) is 24.1 Å². The van der Waals surface area contributed by atoms with Crippen molar-refractivity contribution in [2.45, 2.75) is 65.8 Å². The highest BCUT2D eigenvalue weighted by Gasteiger charge is 2.33. The molecule has 4 unspecified atom stereocenters. The maximum absolute atomic E-state index is 11.9. The van der Waals surface area contributed by atoms with Crippen LogP contribution in [0.4, 0.5) is 0 Å². The van der Waals surface area contributed by atoms with Crippen LogP contribution in [0.5, 0.6) is 0 Å². The van der Waals surface area contributed by atoms with Crippen LogP contribution in [0.15, 0.2) is 11.6 Å². The fraction of sp³-hybridized carbons (Fsp3) is 0.789. The van der Waals surface area contributed by atoms with E-state index in [0.717, 1.165) is 12.8 Å². The zero-order valence-corrected chi connectivity index (χ0v) is 16.0. The summed E-state index contributed by atoms with van der Waals surface area (Å²) in [5.74, 6) is 1.11. The van der Waals surface area contributed by atoms with Gasteiger partial charge in [-0.3, -0.25) is 14.5 Å². The summed E-state index contributed by atoms with van der Waals surface area (Å²) in [6.45, 7) is 8.56. The van der Waals surface area contributed by atoms with Crippen molar-refractivity contribution in [2.24, 2.45) is 17.8 Å². The Hall–Kier alpha value is -1.24. The number of hydrogen-bond acceptors (Lipinski definition) is 5. The van der Waals surface area contributed by atoms with Crippen molar-refractivity contribution in [3.05, 3.63) is 11.6 Å². The third-order valence-corrected chi connectivity index (χ3v) is 5.29. The van der Waals surface area contributed by atoms with Gasteiger partial charge in [-0.15, -0.1) is 0 Å². The van der Waals surface area contributed by atoms with Crippen LogP contribution in [0.3, 0.4) is 0 Å². The van der Waals surface area contributed by atoms with Crippen molar-refractivity contribution in [1.29, 1.82) is 0 Å². The molecule has 2 rings (SSSR count). The molecule has 6 heteroatoms. The fourth-order valence-electron chi connectivity index (χ4n) is 3.65. The Morgan fingerprint density at radius 1 is 1.28 bits per heavy atom. The van der Waals surface area contributed by atoms with E-state index in [1.165, 1.54) is 24.5 Å². The summed E-state index contributed by atoms with van der Waals surface area (Å²) in [5.41, 5.74) is 0.465. The van der Waals surface area contributed by atoms with Gasteiger partial charge in [-0.1, -0.05) is 27.2 Å². The van der Waals surface area contributed by atoms with E-state index in [0.29, 0.717) is 29.7 Å². The molecule has 6 nitrogen and oxygen atoms in total. The molecule has 0 radical (unpaired) electrons. The molecule has 25 heavy (non-hydrogen) atoms. The number of carbonyl (C=O) groups excluding carboxylic acids is 2. The van der Waals surface area contributed by atoms with Crippen LogP contribution < -0.4 is 0 Å². The van der Waals surface area contributed by atoms with Crippen molar-refractivity contribution in [3.8, 4) is 0 Å². The topological polar surface area (TPSA) is 65.1 Å². The van der Waals surface area contributed by atoms with Gasteiger partial charge in [0.2, 0.25) is 0 Å². The van der Waals surface area contributed by atoms with Crippen LogP contribution in [0.25, 0.3) is 0 Å². The normalized spacial score (nSPS) is 28.6. The lowest BCUT2D eigenvalue weighted by atomic mass is 9.75. The molecule has 1 aliphatic carbocycles. The van der Waals surface area contributed by atoms with Gasteiger partial charge in [-0.25, -0.2) is 9.78 Å². The fourth-order valence-corrected chi connectivity index (χ4v) is 3.65. The van der Waals surface area contributed by atoms with E-state index in [1.54, 1.807) is 6.92 Å².